The summed E-state index contributed by atoms with van der Waals surface area (Å²) in [5.41, 5.74) is 3.05. The summed E-state index contributed by atoms with van der Waals surface area (Å²) >= 11 is 0. The van der Waals surface area contributed by atoms with Crippen LogP contribution in [0.3, 0.4) is 0 Å². The fraction of sp³-hybridized carbons (Fsp3) is 0.467. The normalized spacial score (nSPS) is 19.0. The minimum absolute atomic E-state index is 0.129. The van der Waals surface area contributed by atoms with Crippen molar-refractivity contribution < 1.29 is 14.7 Å². The van der Waals surface area contributed by atoms with Crippen LogP contribution in [0.15, 0.2) is 18.2 Å². The van der Waals surface area contributed by atoms with Gasteiger partial charge in [0.2, 0.25) is 5.91 Å². The summed E-state index contributed by atoms with van der Waals surface area (Å²) in [5, 5.41) is 11.9. The molecule has 5 nitrogen and oxygen atoms in total. The number of carbonyl (C=O) groups excluding carboxylic acids is 1. The molecule has 2 N–H and O–H groups in total. The molecule has 108 valence electrons. The highest BCUT2D eigenvalue weighted by Crippen LogP contribution is 2.18. The number of aliphatic carboxylic acids is 1. The number of benzene rings is 1. The van der Waals surface area contributed by atoms with Crippen LogP contribution in [0, 0.1) is 13.8 Å². The number of hydrogen-bond donors (Lipinski definition) is 2. The zero-order valence-corrected chi connectivity index (χ0v) is 11.8. The van der Waals surface area contributed by atoms with Gasteiger partial charge >= 0.3 is 5.97 Å². The number of amides is 1. The Morgan fingerprint density at radius 3 is 2.75 bits per heavy atom. The average molecular weight is 276 g/mol. The molecule has 1 saturated heterocycles. The van der Waals surface area contributed by atoms with Crippen molar-refractivity contribution in [1.82, 2.24) is 4.90 Å². The quantitative estimate of drug-likeness (QED) is 0.879. The van der Waals surface area contributed by atoms with Crippen molar-refractivity contribution in [2.75, 3.05) is 18.4 Å². The number of carboxylic acid groups (broad SMARTS) is 1. The number of rotatable bonds is 4. The largest absolute Gasteiger partial charge is 0.480 e. The van der Waals surface area contributed by atoms with Gasteiger partial charge in [0.25, 0.3) is 0 Å². The summed E-state index contributed by atoms with van der Waals surface area (Å²) in [6, 6.07) is 5.21. The molecule has 0 bridgehead atoms. The van der Waals surface area contributed by atoms with E-state index in [9.17, 15) is 9.59 Å². The molecule has 0 aliphatic carbocycles. The van der Waals surface area contributed by atoms with Crippen molar-refractivity contribution in [3.63, 3.8) is 0 Å². The van der Waals surface area contributed by atoms with Gasteiger partial charge in [-0.2, -0.15) is 0 Å². The van der Waals surface area contributed by atoms with Gasteiger partial charge in [-0.25, -0.2) is 0 Å². The standard InChI is InChI=1S/C15H20N2O3/c1-10-5-6-12(8-11(10)2)16-14(18)9-17-7-3-4-13(17)15(19)20/h5-6,8,13H,3-4,7,9H2,1-2H3,(H,16,18)(H,19,20)/t13-/m1/s1. The van der Waals surface area contributed by atoms with Crippen LogP contribution in [0.2, 0.25) is 0 Å². The summed E-state index contributed by atoms with van der Waals surface area (Å²) in [7, 11) is 0. The Morgan fingerprint density at radius 1 is 1.35 bits per heavy atom. The Kier molecular flexibility index (Phi) is 4.39. The topological polar surface area (TPSA) is 69.6 Å². The maximum Gasteiger partial charge on any atom is 0.320 e. The van der Waals surface area contributed by atoms with E-state index in [-0.39, 0.29) is 12.5 Å². The number of carboxylic acids is 1. The first-order chi connectivity index (χ1) is 9.47. The second-order valence-corrected chi connectivity index (χ2v) is 5.31. The van der Waals surface area contributed by atoms with E-state index in [4.69, 9.17) is 5.11 Å². The van der Waals surface area contributed by atoms with Gasteiger partial charge in [-0.1, -0.05) is 6.07 Å². The molecule has 1 aromatic carbocycles. The highest BCUT2D eigenvalue weighted by atomic mass is 16.4. The molecule has 1 aliphatic rings. The van der Waals surface area contributed by atoms with Gasteiger partial charge < -0.3 is 10.4 Å². The van der Waals surface area contributed by atoms with Gasteiger partial charge in [0.05, 0.1) is 6.54 Å². The molecular weight excluding hydrogens is 256 g/mol. The van der Waals surface area contributed by atoms with Crippen LogP contribution in [0.4, 0.5) is 5.69 Å². The Balaban J connectivity index is 1.95. The number of nitrogens with one attached hydrogen (secondary N) is 1. The Morgan fingerprint density at radius 2 is 2.10 bits per heavy atom. The maximum absolute atomic E-state index is 12.0. The zero-order valence-electron chi connectivity index (χ0n) is 11.8. The highest BCUT2D eigenvalue weighted by molar-refractivity contribution is 5.92. The second-order valence-electron chi connectivity index (χ2n) is 5.31. The number of nitrogens with zero attached hydrogens (tertiary/aromatic N) is 1. The lowest BCUT2D eigenvalue weighted by Crippen LogP contribution is -2.40. The predicted molar refractivity (Wildman–Crippen MR) is 76.8 cm³/mol. The molecule has 5 heteroatoms. The molecule has 1 aromatic rings. The third-order valence-electron chi connectivity index (χ3n) is 3.79. The number of anilines is 1. The van der Waals surface area contributed by atoms with Crippen molar-refractivity contribution in [3.05, 3.63) is 29.3 Å². The third kappa shape index (κ3) is 3.36. The van der Waals surface area contributed by atoms with Gasteiger partial charge in [0.1, 0.15) is 6.04 Å². The molecule has 0 unspecified atom stereocenters. The highest BCUT2D eigenvalue weighted by Gasteiger charge is 2.31. The summed E-state index contributed by atoms with van der Waals surface area (Å²) in [6.07, 6.45) is 1.44. The van der Waals surface area contributed by atoms with Gasteiger partial charge in [0.15, 0.2) is 0 Å². The molecule has 1 heterocycles. The van der Waals surface area contributed by atoms with Crippen LogP contribution in [0.1, 0.15) is 24.0 Å². The predicted octanol–water partition coefficient (Wildman–Crippen LogP) is 1.79. The van der Waals surface area contributed by atoms with E-state index in [0.29, 0.717) is 13.0 Å². The third-order valence-corrected chi connectivity index (χ3v) is 3.79. The summed E-state index contributed by atoms with van der Waals surface area (Å²) in [6.45, 7) is 4.80. The number of aryl methyl sites for hydroxylation is 2. The lowest BCUT2D eigenvalue weighted by atomic mass is 10.1. The van der Waals surface area contributed by atoms with Crippen LogP contribution < -0.4 is 5.32 Å². The molecule has 0 saturated carbocycles. The number of carbonyl (C=O) groups is 2. The van der Waals surface area contributed by atoms with Crippen molar-refractivity contribution in [2.45, 2.75) is 32.7 Å². The molecule has 0 spiro atoms. The van der Waals surface area contributed by atoms with Crippen LogP contribution in [0.25, 0.3) is 0 Å². The lowest BCUT2D eigenvalue weighted by Gasteiger charge is -2.20. The van der Waals surface area contributed by atoms with Gasteiger partial charge in [-0.05, 0) is 56.5 Å². The number of likely N-dealkylation sites (tertiary alicyclic amines) is 1. The fourth-order valence-corrected chi connectivity index (χ4v) is 2.50. The second kappa shape index (κ2) is 6.05. The SMILES string of the molecule is Cc1ccc(NC(=O)CN2CCC[C@@H]2C(=O)O)cc1C. The summed E-state index contributed by atoms with van der Waals surface area (Å²) in [5.74, 6) is -1.01. The first-order valence-corrected chi connectivity index (χ1v) is 6.81. The lowest BCUT2D eigenvalue weighted by molar-refractivity contribution is -0.142. The summed E-state index contributed by atoms with van der Waals surface area (Å²) in [4.78, 5) is 24.8. The molecular formula is C15H20N2O3. The van der Waals surface area contributed by atoms with Crippen molar-refractivity contribution in [3.8, 4) is 0 Å². The Labute approximate surface area is 118 Å². The van der Waals surface area contributed by atoms with E-state index in [0.717, 1.165) is 17.7 Å². The van der Waals surface area contributed by atoms with E-state index < -0.39 is 12.0 Å². The number of hydrogen-bond acceptors (Lipinski definition) is 3. The van der Waals surface area contributed by atoms with Crippen LogP contribution >= 0.6 is 0 Å². The van der Waals surface area contributed by atoms with Crippen molar-refractivity contribution >= 4 is 17.6 Å². The fourth-order valence-electron chi connectivity index (χ4n) is 2.50. The van der Waals surface area contributed by atoms with Gasteiger partial charge in [-0.3, -0.25) is 14.5 Å². The first kappa shape index (κ1) is 14.5. The molecule has 0 aromatic heterocycles. The van der Waals surface area contributed by atoms with Crippen LogP contribution in [0.5, 0.6) is 0 Å². The average Bonchev–Trinajstić information content (AvgIpc) is 2.82. The maximum atomic E-state index is 12.0. The molecule has 1 atom stereocenters. The molecule has 1 fully saturated rings. The molecule has 1 amide bonds. The Bertz CT molecular complexity index is 528. The van der Waals surface area contributed by atoms with Crippen LogP contribution in [-0.4, -0.2) is 41.0 Å². The molecule has 20 heavy (non-hydrogen) atoms. The van der Waals surface area contributed by atoms with Gasteiger partial charge in [-0.15, -0.1) is 0 Å². The molecule has 2 rings (SSSR count). The van der Waals surface area contributed by atoms with E-state index in [1.54, 1.807) is 4.90 Å². The van der Waals surface area contributed by atoms with E-state index >= 15 is 0 Å². The zero-order chi connectivity index (χ0) is 14.7. The minimum Gasteiger partial charge on any atom is -0.480 e. The molecule has 0 radical (unpaired) electrons. The minimum atomic E-state index is -0.846. The van der Waals surface area contributed by atoms with Gasteiger partial charge in [0, 0.05) is 5.69 Å². The van der Waals surface area contributed by atoms with E-state index in [2.05, 4.69) is 5.32 Å². The van der Waals surface area contributed by atoms with E-state index in [1.165, 1.54) is 5.56 Å². The van der Waals surface area contributed by atoms with Crippen molar-refractivity contribution in [1.29, 1.82) is 0 Å². The monoisotopic (exact) mass is 276 g/mol. The molecule has 1 aliphatic heterocycles. The smallest absolute Gasteiger partial charge is 0.320 e. The van der Waals surface area contributed by atoms with Crippen molar-refractivity contribution in [2.24, 2.45) is 0 Å². The Hall–Kier alpha value is -1.88. The van der Waals surface area contributed by atoms with E-state index in [1.807, 2.05) is 32.0 Å². The summed E-state index contributed by atoms with van der Waals surface area (Å²) < 4.78 is 0. The van der Waals surface area contributed by atoms with Crippen LogP contribution in [-0.2, 0) is 9.59 Å². The first-order valence-electron chi connectivity index (χ1n) is 6.81.